The molecule has 0 unspecified atom stereocenters. The van der Waals surface area contributed by atoms with Crippen molar-refractivity contribution in [3.8, 4) is 0 Å². The van der Waals surface area contributed by atoms with Crippen LogP contribution in [-0.2, 0) is 11.3 Å². The summed E-state index contributed by atoms with van der Waals surface area (Å²) in [6, 6.07) is 10.1. The Morgan fingerprint density at radius 1 is 1.26 bits per heavy atom. The third-order valence-electron chi connectivity index (χ3n) is 4.07. The zero-order chi connectivity index (χ0) is 15.6. The molecule has 0 aliphatic carbocycles. The lowest BCUT2D eigenvalue weighted by Gasteiger charge is -2.11. The van der Waals surface area contributed by atoms with Gasteiger partial charge >= 0.3 is 0 Å². The predicted octanol–water partition coefficient (Wildman–Crippen LogP) is 3.13. The Labute approximate surface area is 133 Å². The van der Waals surface area contributed by atoms with Crippen molar-refractivity contribution in [1.29, 1.82) is 0 Å². The zero-order valence-corrected chi connectivity index (χ0v) is 13.0. The van der Waals surface area contributed by atoms with Gasteiger partial charge in [-0.1, -0.05) is 23.4 Å². The van der Waals surface area contributed by atoms with E-state index in [2.05, 4.69) is 27.6 Å². The van der Waals surface area contributed by atoms with E-state index in [1.54, 1.807) is 0 Å². The minimum absolute atomic E-state index is 0.0748. The molecule has 6 heteroatoms. The number of aromatic nitrogens is 2. The minimum atomic E-state index is -0.0748. The van der Waals surface area contributed by atoms with Gasteiger partial charge in [0.15, 0.2) is 5.82 Å². The first-order valence-corrected chi connectivity index (χ1v) is 7.92. The van der Waals surface area contributed by atoms with Gasteiger partial charge in [0.2, 0.25) is 0 Å². The van der Waals surface area contributed by atoms with Gasteiger partial charge in [-0.25, -0.2) is 0 Å². The summed E-state index contributed by atoms with van der Waals surface area (Å²) in [5.74, 6) is 2.17. The highest BCUT2D eigenvalue weighted by Crippen LogP contribution is 2.31. The fourth-order valence-corrected chi connectivity index (χ4v) is 2.96. The van der Waals surface area contributed by atoms with Crippen molar-refractivity contribution in [1.82, 2.24) is 15.5 Å². The van der Waals surface area contributed by atoms with E-state index in [0.717, 1.165) is 36.1 Å². The van der Waals surface area contributed by atoms with Gasteiger partial charge in [0.1, 0.15) is 17.4 Å². The van der Waals surface area contributed by atoms with E-state index in [-0.39, 0.29) is 12.2 Å². The van der Waals surface area contributed by atoms with E-state index in [1.807, 2.05) is 25.1 Å². The number of furan rings is 1. The summed E-state index contributed by atoms with van der Waals surface area (Å²) in [5, 5.41) is 8.34. The maximum Gasteiger partial charge on any atom is 0.255 e. The number of nitrogens with zero attached hydrogens (tertiary/aromatic N) is 2. The number of benzene rings is 1. The third kappa shape index (κ3) is 3.13. The normalized spacial score (nSPS) is 21.3. The average Bonchev–Trinajstić information content (AvgIpc) is 3.25. The molecule has 1 fully saturated rings. The van der Waals surface area contributed by atoms with Crippen molar-refractivity contribution in [2.45, 2.75) is 38.5 Å². The second-order valence-electron chi connectivity index (χ2n) is 5.89. The summed E-state index contributed by atoms with van der Waals surface area (Å²) in [4.78, 5) is 4.24. The van der Waals surface area contributed by atoms with E-state index in [9.17, 15) is 0 Å². The first-order valence-electron chi connectivity index (χ1n) is 7.92. The van der Waals surface area contributed by atoms with Crippen LogP contribution in [0.2, 0.25) is 0 Å². The van der Waals surface area contributed by atoms with Crippen molar-refractivity contribution in [2.75, 3.05) is 6.54 Å². The number of hydrogen-bond donors (Lipinski definition) is 1. The molecule has 2 atom stereocenters. The quantitative estimate of drug-likeness (QED) is 0.780. The van der Waals surface area contributed by atoms with Crippen molar-refractivity contribution >= 4 is 11.0 Å². The zero-order valence-electron chi connectivity index (χ0n) is 13.0. The Balaban J connectivity index is 1.28. The molecule has 6 nitrogen and oxygen atoms in total. The van der Waals surface area contributed by atoms with Crippen LogP contribution in [0.15, 0.2) is 39.3 Å². The summed E-state index contributed by atoms with van der Waals surface area (Å²) >= 11 is 0. The molecule has 3 heterocycles. The van der Waals surface area contributed by atoms with Crippen LogP contribution in [0.25, 0.3) is 11.0 Å². The predicted molar refractivity (Wildman–Crippen MR) is 83.8 cm³/mol. The molecule has 2 aromatic heterocycles. The monoisotopic (exact) mass is 313 g/mol. The number of rotatable bonds is 5. The molecule has 1 aliphatic rings. The summed E-state index contributed by atoms with van der Waals surface area (Å²) < 4.78 is 16.9. The highest BCUT2D eigenvalue weighted by Gasteiger charge is 2.30. The molecule has 4 rings (SSSR count). The molecule has 1 saturated heterocycles. The number of para-hydroxylation sites is 1. The van der Waals surface area contributed by atoms with Gasteiger partial charge < -0.3 is 19.0 Å². The minimum Gasteiger partial charge on any atom is -0.460 e. The Morgan fingerprint density at radius 3 is 3.00 bits per heavy atom. The Morgan fingerprint density at radius 2 is 2.17 bits per heavy atom. The average molecular weight is 313 g/mol. The molecule has 1 aliphatic heterocycles. The summed E-state index contributed by atoms with van der Waals surface area (Å²) in [6.45, 7) is 3.29. The van der Waals surface area contributed by atoms with Gasteiger partial charge in [-0.15, -0.1) is 0 Å². The largest absolute Gasteiger partial charge is 0.460 e. The lowest BCUT2D eigenvalue weighted by Crippen LogP contribution is -2.25. The first kappa shape index (κ1) is 14.4. The van der Waals surface area contributed by atoms with Crippen molar-refractivity contribution in [2.24, 2.45) is 0 Å². The Bertz CT molecular complexity index is 762. The third-order valence-corrected chi connectivity index (χ3v) is 4.07. The summed E-state index contributed by atoms with van der Waals surface area (Å²) in [7, 11) is 0. The number of nitrogens with one attached hydrogen (secondary N) is 1. The highest BCUT2D eigenvalue weighted by molar-refractivity contribution is 5.77. The van der Waals surface area contributed by atoms with Gasteiger partial charge in [0, 0.05) is 11.9 Å². The van der Waals surface area contributed by atoms with Crippen LogP contribution in [0.5, 0.6) is 0 Å². The summed E-state index contributed by atoms with van der Waals surface area (Å²) in [6.07, 6.45) is 1.99. The van der Waals surface area contributed by atoms with Gasteiger partial charge in [0.25, 0.3) is 5.89 Å². The standard InChI is InChI=1S/C17H19N3O3/c1-11-19-17(23-20-11)16-7-6-13(21-16)9-18-10-14-8-12-4-2-3-5-15(12)22-14/h2-5,8,13,16,18H,6-7,9-10H2,1H3/t13-,16+/m1/s1. The molecule has 0 spiro atoms. The molecular formula is C17H19N3O3. The van der Waals surface area contributed by atoms with Crippen molar-refractivity contribution in [3.63, 3.8) is 0 Å². The van der Waals surface area contributed by atoms with Crippen molar-refractivity contribution < 1.29 is 13.7 Å². The lowest BCUT2D eigenvalue weighted by molar-refractivity contribution is 0.0262. The number of fused-ring (bicyclic) bond motifs is 1. The van der Waals surface area contributed by atoms with Crippen LogP contribution < -0.4 is 5.32 Å². The van der Waals surface area contributed by atoms with E-state index in [0.29, 0.717) is 18.3 Å². The first-order chi connectivity index (χ1) is 11.3. The maximum atomic E-state index is 5.97. The molecule has 0 bridgehead atoms. The SMILES string of the molecule is Cc1noc([C@@H]2CC[C@H](CNCc3cc4ccccc4o3)O2)n1. The number of hydrogen-bond acceptors (Lipinski definition) is 6. The molecule has 1 N–H and O–H groups in total. The topological polar surface area (TPSA) is 73.3 Å². The smallest absolute Gasteiger partial charge is 0.255 e. The van der Waals surface area contributed by atoms with E-state index in [4.69, 9.17) is 13.7 Å². The fourth-order valence-electron chi connectivity index (χ4n) is 2.96. The van der Waals surface area contributed by atoms with Gasteiger partial charge in [0.05, 0.1) is 12.6 Å². The van der Waals surface area contributed by atoms with Crippen LogP contribution in [-0.4, -0.2) is 22.8 Å². The highest BCUT2D eigenvalue weighted by atomic mass is 16.5. The molecule has 23 heavy (non-hydrogen) atoms. The second kappa shape index (κ2) is 6.14. The van der Waals surface area contributed by atoms with Crippen LogP contribution in [0, 0.1) is 6.92 Å². The number of ether oxygens (including phenoxy) is 1. The molecule has 0 amide bonds. The molecule has 1 aromatic carbocycles. The molecule has 3 aromatic rings. The van der Waals surface area contributed by atoms with Crippen LogP contribution in [0.3, 0.4) is 0 Å². The molecule has 0 saturated carbocycles. The molecule has 0 radical (unpaired) electrons. The van der Waals surface area contributed by atoms with E-state index < -0.39 is 0 Å². The molecular weight excluding hydrogens is 294 g/mol. The van der Waals surface area contributed by atoms with E-state index in [1.165, 1.54) is 0 Å². The second-order valence-corrected chi connectivity index (χ2v) is 5.89. The van der Waals surface area contributed by atoms with Gasteiger partial charge in [-0.3, -0.25) is 0 Å². The van der Waals surface area contributed by atoms with Crippen LogP contribution >= 0.6 is 0 Å². The van der Waals surface area contributed by atoms with Gasteiger partial charge in [-0.05, 0) is 31.9 Å². The number of aryl methyl sites for hydroxylation is 1. The van der Waals surface area contributed by atoms with E-state index >= 15 is 0 Å². The van der Waals surface area contributed by atoms with Crippen LogP contribution in [0.4, 0.5) is 0 Å². The summed E-state index contributed by atoms with van der Waals surface area (Å²) in [5.41, 5.74) is 0.924. The molecule has 120 valence electrons. The maximum absolute atomic E-state index is 5.97. The fraction of sp³-hybridized carbons (Fsp3) is 0.412. The lowest BCUT2D eigenvalue weighted by atomic mass is 10.2. The van der Waals surface area contributed by atoms with Crippen LogP contribution in [0.1, 0.15) is 36.4 Å². The van der Waals surface area contributed by atoms with Gasteiger partial charge in [-0.2, -0.15) is 4.98 Å². The Hall–Kier alpha value is -2.18. The Kier molecular flexibility index (Phi) is 3.85. The van der Waals surface area contributed by atoms with Crippen molar-refractivity contribution in [3.05, 3.63) is 47.8 Å².